The molecule has 1 saturated heterocycles. The molecule has 27 heavy (non-hydrogen) atoms. The van der Waals surface area contributed by atoms with E-state index in [2.05, 4.69) is 10.2 Å². The molecule has 2 aromatic heterocycles. The van der Waals surface area contributed by atoms with E-state index in [1.165, 1.54) is 12.1 Å². The minimum Gasteiger partial charge on any atom is -0.342 e. The number of likely N-dealkylation sites (tertiary alicyclic amines) is 1. The fraction of sp³-hybridized carbons (Fsp3) is 0.316. The maximum absolute atomic E-state index is 12.7. The van der Waals surface area contributed by atoms with E-state index in [4.69, 9.17) is 0 Å². The topological polar surface area (TPSA) is 93.6 Å². The average molecular weight is 365 g/mol. The van der Waals surface area contributed by atoms with Crippen LogP contribution in [0.2, 0.25) is 0 Å². The lowest BCUT2D eigenvalue weighted by Crippen LogP contribution is -2.40. The number of piperidine rings is 1. The first kappa shape index (κ1) is 17.1. The number of hydrogen-bond acceptors (Lipinski definition) is 5. The van der Waals surface area contributed by atoms with Crippen LogP contribution in [0.3, 0.4) is 0 Å². The second kappa shape index (κ2) is 7.14. The number of carbonyl (C=O) groups is 1. The van der Waals surface area contributed by atoms with E-state index in [-0.39, 0.29) is 23.9 Å². The molecule has 1 aliphatic rings. The Morgan fingerprint density at radius 2 is 2.00 bits per heavy atom. The van der Waals surface area contributed by atoms with Crippen molar-refractivity contribution in [1.82, 2.24) is 19.5 Å². The Labute approximate surface area is 155 Å². The predicted molar refractivity (Wildman–Crippen MR) is 98.3 cm³/mol. The number of hydrogen-bond donors (Lipinski definition) is 0. The molecule has 0 radical (unpaired) electrons. The summed E-state index contributed by atoms with van der Waals surface area (Å²) in [5.41, 5.74) is 1.62. The number of amides is 1. The number of fused-ring (bicyclic) bond motifs is 1. The number of pyridine rings is 1. The van der Waals surface area contributed by atoms with Crippen molar-refractivity contribution in [3.8, 4) is 0 Å². The average Bonchev–Trinajstić information content (AvgIpc) is 3.12. The van der Waals surface area contributed by atoms with Gasteiger partial charge in [-0.3, -0.25) is 19.3 Å². The third kappa shape index (κ3) is 3.51. The highest BCUT2D eigenvalue weighted by molar-refractivity contribution is 5.79. The molecule has 0 N–H and O–H groups in total. The number of non-ortho nitro benzene ring substituents is 1. The first-order valence-corrected chi connectivity index (χ1v) is 8.92. The Balaban J connectivity index is 1.46. The molecule has 3 heterocycles. The summed E-state index contributed by atoms with van der Waals surface area (Å²) in [4.78, 5) is 24.9. The molecule has 1 amide bonds. The third-order valence-corrected chi connectivity index (χ3v) is 4.98. The number of nitrogens with zero attached hydrogens (tertiary/aromatic N) is 5. The van der Waals surface area contributed by atoms with E-state index in [1.54, 1.807) is 12.1 Å². The van der Waals surface area contributed by atoms with Crippen LogP contribution in [0.15, 0.2) is 48.7 Å². The molecule has 1 atom stereocenters. The lowest BCUT2D eigenvalue weighted by Gasteiger charge is -2.32. The Bertz CT molecular complexity index is 982. The molecule has 8 heteroatoms. The molecule has 4 rings (SSSR count). The van der Waals surface area contributed by atoms with Crippen molar-refractivity contribution < 1.29 is 9.72 Å². The standard InChI is InChI=1S/C19H19N5O3/c25-18(12-14-6-8-16(9-7-14)24(26)27)22-10-3-4-15(13-22)19-21-20-17-5-1-2-11-23(17)19/h1-2,5-9,11,15H,3-4,10,12-13H2. The molecular formula is C19H19N5O3. The molecular weight excluding hydrogens is 346 g/mol. The van der Waals surface area contributed by atoms with Crippen LogP contribution in [0.5, 0.6) is 0 Å². The number of nitro benzene ring substituents is 1. The van der Waals surface area contributed by atoms with Gasteiger partial charge in [-0.1, -0.05) is 18.2 Å². The summed E-state index contributed by atoms with van der Waals surface area (Å²) in [5.74, 6) is 1.07. The van der Waals surface area contributed by atoms with Crippen molar-refractivity contribution in [3.63, 3.8) is 0 Å². The highest BCUT2D eigenvalue weighted by atomic mass is 16.6. The summed E-state index contributed by atoms with van der Waals surface area (Å²) >= 11 is 0. The van der Waals surface area contributed by atoms with Crippen LogP contribution in [0.1, 0.15) is 30.1 Å². The van der Waals surface area contributed by atoms with Gasteiger partial charge in [0.1, 0.15) is 5.82 Å². The first-order valence-electron chi connectivity index (χ1n) is 8.92. The normalized spacial score (nSPS) is 17.2. The summed E-state index contributed by atoms with van der Waals surface area (Å²) in [6.45, 7) is 1.33. The van der Waals surface area contributed by atoms with E-state index in [9.17, 15) is 14.9 Å². The highest BCUT2D eigenvalue weighted by Gasteiger charge is 2.27. The number of rotatable bonds is 4. The van der Waals surface area contributed by atoms with Gasteiger partial charge < -0.3 is 4.90 Å². The van der Waals surface area contributed by atoms with Crippen molar-refractivity contribution in [1.29, 1.82) is 0 Å². The van der Waals surface area contributed by atoms with Gasteiger partial charge in [0.05, 0.1) is 11.3 Å². The van der Waals surface area contributed by atoms with E-state index in [0.717, 1.165) is 36.4 Å². The summed E-state index contributed by atoms with van der Waals surface area (Å²) in [6.07, 6.45) is 4.07. The Hall–Kier alpha value is -3.29. The molecule has 0 saturated carbocycles. The fourth-order valence-corrected chi connectivity index (χ4v) is 3.57. The fourth-order valence-electron chi connectivity index (χ4n) is 3.57. The predicted octanol–water partition coefficient (Wildman–Crippen LogP) is 2.59. The van der Waals surface area contributed by atoms with E-state index in [0.29, 0.717) is 6.54 Å². The van der Waals surface area contributed by atoms with Gasteiger partial charge in [0.25, 0.3) is 5.69 Å². The molecule has 3 aromatic rings. The van der Waals surface area contributed by atoms with Crippen molar-refractivity contribution in [2.75, 3.05) is 13.1 Å². The maximum Gasteiger partial charge on any atom is 0.269 e. The smallest absolute Gasteiger partial charge is 0.269 e. The van der Waals surface area contributed by atoms with Gasteiger partial charge >= 0.3 is 0 Å². The van der Waals surface area contributed by atoms with Gasteiger partial charge in [0, 0.05) is 37.3 Å². The van der Waals surface area contributed by atoms with Crippen LogP contribution >= 0.6 is 0 Å². The molecule has 1 aromatic carbocycles. The van der Waals surface area contributed by atoms with Gasteiger partial charge in [-0.05, 0) is 30.5 Å². The maximum atomic E-state index is 12.7. The van der Waals surface area contributed by atoms with Crippen LogP contribution in [0.4, 0.5) is 5.69 Å². The number of benzene rings is 1. The molecule has 138 valence electrons. The number of nitro groups is 1. The van der Waals surface area contributed by atoms with Gasteiger partial charge in [0.15, 0.2) is 5.65 Å². The number of aromatic nitrogens is 3. The number of carbonyl (C=O) groups excluding carboxylic acids is 1. The highest BCUT2D eigenvalue weighted by Crippen LogP contribution is 2.26. The second-order valence-corrected chi connectivity index (χ2v) is 6.77. The van der Waals surface area contributed by atoms with Crippen molar-refractivity contribution in [3.05, 3.63) is 70.2 Å². The van der Waals surface area contributed by atoms with Crippen LogP contribution < -0.4 is 0 Å². The van der Waals surface area contributed by atoms with Crippen molar-refractivity contribution in [2.45, 2.75) is 25.2 Å². The molecule has 0 bridgehead atoms. The Morgan fingerprint density at radius 3 is 2.78 bits per heavy atom. The summed E-state index contributed by atoms with van der Waals surface area (Å²) < 4.78 is 1.98. The van der Waals surface area contributed by atoms with Crippen LogP contribution in [-0.2, 0) is 11.2 Å². The van der Waals surface area contributed by atoms with E-state index in [1.807, 2.05) is 33.7 Å². The van der Waals surface area contributed by atoms with E-state index >= 15 is 0 Å². The lowest BCUT2D eigenvalue weighted by atomic mass is 9.96. The van der Waals surface area contributed by atoms with Gasteiger partial charge in [0.2, 0.25) is 5.91 Å². The summed E-state index contributed by atoms with van der Waals surface area (Å²) in [7, 11) is 0. The second-order valence-electron chi connectivity index (χ2n) is 6.77. The molecule has 0 spiro atoms. The van der Waals surface area contributed by atoms with Crippen molar-refractivity contribution in [2.24, 2.45) is 0 Å². The zero-order chi connectivity index (χ0) is 18.8. The van der Waals surface area contributed by atoms with Crippen LogP contribution in [0, 0.1) is 10.1 Å². The van der Waals surface area contributed by atoms with Gasteiger partial charge in [-0.25, -0.2) is 0 Å². The quantitative estimate of drug-likeness (QED) is 0.523. The first-order chi connectivity index (χ1) is 13.1. The zero-order valence-electron chi connectivity index (χ0n) is 14.7. The van der Waals surface area contributed by atoms with Gasteiger partial charge in [-0.15, -0.1) is 10.2 Å². The molecule has 1 fully saturated rings. The van der Waals surface area contributed by atoms with E-state index < -0.39 is 4.92 Å². The van der Waals surface area contributed by atoms with Crippen molar-refractivity contribution >= 4 is 17.2 Å². The molecule has 1 aliphatic heterocycles. The Kier molecular flexibility index (Phi) is 4.53. The molecule has 8 nitrogen and oxygen atoms in total. The zero-order valence-corrected chi connectivity index (χ0v) is 14.7. The minimum absolute atomic E-state index is 0.0300. The summed E-state index contributed by atoms with van der Waals surface area (Å²) in [5, 5.41) is 19.3. The van der Waals surface area contributed by atoms with Gasteiger partial charge in [-0.2, -0.15) is 0 Å². The third-order valence-electron chi connectivity index (χ3n) is 4.98. The molecule has 0 aliphatic carbocycles. The largest absolute Gasteiger partial charge is 0.342 e. The SMILES string of the molecule is O=C(Cc1ccc([N+](=O)[O-])cc1)N1CCCC(c2nnc3ccccn23)C1. The monoisotopic (exact) mass is 365 g/mol. The van der Waals surface area contributed by atoms with Crippen LogP contribution in [0.25, 0.3) is 5.65 Å². The van der Waals surface area contributed by atoms with Crippen LogP contribution in [-0.4, -0.2) is 43.4 Å². The lowest BCUT2D eigenvalue weighted by molar-refractivity contribution is -0.384. The summed E-state index contributed by atoms with van der Waals surface area (Å²) in [6, 6.07) is 11.9. The molecule has 1 unspecified atom stereocenters. The Morgan fingerprint density at radius 1 is 1.19 bits per heavy atom. The minimum atomic E-state index is -0.441.